The van der Waals surface area contributed by atoms with Gasteiger partial charge in [-0.25, -0.2) is 0 Å². The van der Waals surface area contributed by atoms with Crippen molar-refractivity contribution in [2.45, 2.75) is 6.42 Å². The average Bonchev–Trinajstić information content (AvgIpc) is 2.78. The fourth-order valence-electron chi connectivity index (χ4n) is 1.74. The summed E-state index contributed by atoms with van der Waals surface area (Å²) in [5.41, 5.74) is 0.847. The van der Waals surface area contributed by atoms with Gasteiger partial charge in [-0.05, 0) is 18.2 Å². The summed E-state index contributed by atoms with van der Waals surface area (Å²) in [7, 11) is 0. The predicted octanol–water partition coefficient (Wildman–Crippen LogP) is 1.40. The van der Waals surface area contributed by atoms with Crippen LogP contribution in [0.2, 0.25) is 0 Å². The van der Waals surface area contributed by atoms with Crippen LogP contribution in [0, 0.1) is 17.2 Å². The molecule has 18 heavy (non-hydrogen) atoms. The minimum Gasteiger partial charge on any atom is -0.355 e. The SMILES string of the molecule is N#Cc1cc(Br)ccc1NC(=O)C1CNC(=O)C1. The van der Waals surface area contributed by atoms with E-state index in [1.54, 1.807) is 18.2 Å². The van der Waals surface area contributed by atoms with Crippen LogP contribution in [0.1, 0.15) is 12.0 Å². The molecule has 1 fully saturated rings. The van der Waals surface area contributed by atoms with E-state index in [0.717, 1.165) is 4.47 Å². The van der Waals surface area contributed by atoms with Gasteiger partial charge in [0.05, 0.1) is 17.2 Å². The molecule has 6 heteroatoms. The summed E-state index contributed by atoms with van der Waals surface area (Å²) < 4.78 is 0.773. The normalized spacial score (nSPS) is 18.0. The van der Waals surface area contributed by atoms with Gasteiger partial charge in [0, 0.05) is 17.4 Å². The second-order valence-corrected chi connectivity index (χ2v) is 4.91. The van der Waals surface area contributed by atoms with Crippen molar-refractivity contribution >= 4 is 33.4 Å². The molecule has 1 unspecified atom stereocenters. The molecule has 0 radical (unpaired) electrons. The van der Waals surface area contributed by atoms with Crippen molar-refractivity contribution in [3.05, 3.63) is 28.2 Å². The van der Waals surface area contributed by atoms with Gasteiger partial charge < -0.3 is 10.6 Å². The first-order valence-electron chi connectivity index (χ1n) is 5.37. The van der Waals surface area contributed by atoms with E-state index in [1.807, 2.05) is 6.07 Å². The van der Waals surface area contributed by atoms with Crippen LogP contribution in [0.15, 0.2) is 22.7 Å². The molecule has 2 rings (SSSR count). The first-order valence-corrected chi connectivity index (χ1v) is 6.16. The van der Waals surface area contributed by atoms with Gasteiger partial charge in [-0.3, -0.25) is 9.59 Å². The third-order valence-corrected chi connectivity index (χ3v) is 3.20. The highest BCUT2D eigenvalue weighted by Gasteiger charge is 2.28. The number of benzene rings is 1. The standard InChI is InChI=1S/C12H10BrN3O2/c13-9-1-2-10(7(3-9)5-14)16-12(18)8-4-11(17)15-6-8/h1-3,8H,4,6H2,(H,15,17)(H,16,18). The van der Waals surface area contributed by atoms with Crippen molar-refractivity contribution in [1.82, 2.24) is 5.32 Å². The largest absolute Gasteiger partial charge is 0.355 e. The molecule has 0 aromatic heterocycles. The number of nitrogens with zero attached hydrogens (tertiary/aromatic N) is 1. The number of carbonyl (C=O) groups excluding carboxylic acids is 2. The second kappa shape index (κ2) is 5.19. The molecule has 5 nitrogen and oxygen atoms in total. The number of hydrogen-bond acceptors (Lipinski definition) is 3. The average molecular weight is 308 g/mol. The van der Waals surface area contributed by atoms with Crippen molar-refractivity contribution < 1.29 is 9.59 Å². The number of rotatable bonds is 2. The molecule has 1 aliphatic heterocycles. The maximum absolute atomic E-state index is 11.9. The maximum Gasteiger partial charge on any atom is 0.229 e. The molecule has 0 bridgehead atoms. The molecular formula is C12H10BrN3O2. The molecule has 0 saturated carbocycles. The Hall–Kier alpha value is -1.87. The quantitative estimate of drug-likeness (QED) is 0.866. The number of amides is 2. The first kappa shape index (κ1) is 12.6. The lowest BCUT2D eigenvalue weighted by molar-refractivity contribution is -0.123. The Morgan fingerprint density at radius 1 is 1.56 bits per heavy atom. The molecule has 2 N–H and O–H groups in total. The van der Waals surface area contributed by atoms with Crippen molar-refractivity contribution in [3.63, 3.8) is 0 Å². The number of halogens is 1. The highest BCUT2D eigenvalue weighted by molar-refractivity contribution is 9.10. The summed E-state index contributed by atoms with van der Waals surface area (Å²) in [5, 5.41) is 14.3. The van der Waals surface area contributed by atoms with Gasteiger partial charge in [-0.15, -0.1) is 0 Å². The zero-order chi connectivity index (χ0) is 13.1. The van der Waals surface area contributed by atoms with Crippen molar-refractivity contribution in [2.24, 2.45) is 5.92 Å². The van der Waals surface area contributed by atoms with Gasteiger partial charge in [0.1, 0.15) is 6.07 Å². The summed E-state index contributed by atoms with van der Waals surface area (Å²) >= 11 is 3.26. The Labute approximate surface area is 112 Å². The molecule has 1 heterocycles. The molecule has 1 aliphatic rings. The number of anilines is 1. The molecular weight excluding hydrogens is 298 g/mol. The van der Waals surface area contributed by atoms with Crippen LogP contribution in [0.3, 0.4) is 0 Å². The zero-order valence-electron chi connectivity index (χ0n) is 9.37. The van der Waals surface area contributed by atoms with Crippen molar-refractivity contribution in [2.75, 3.05) is 11.9 Å². The highest BCUT2D eigenvalue weighted by atomic mass is 79.9. The van der Waals surface area contributed by atoms with Crippen LogP contribution in [-0.4, -0.2) is 18.4 Å². The number of carbonyl (C=O) groups is 2. The van der Waals surface area contributed by atoms with Gasteiger partial charge in [-0.2, -0.15) is 5.26 Å². The Bertz CT molecular complexity index is 551. The first-order chi connectivity index (χ1) is 8.60. The Morgan fingerprint density at radius 2 is 2.33 bits per heavy atom. The van der Waals surface area contributed by atoms with Crippen molar-refractivity contribution in [1.29, 1.82) is 5.26 Å². The fraction of sp³-hybridized carbons (Fsp3) is 0.250. The lowest BCUT2D eigenvalue weighted by Crippen LogP contribution is -2.25. The molecule has 0 spiro atoms. The van der Waals surface area contributed by atoms with E-state index in [2.05, 4.69) is 26.6 Å². The predicted molar refractivity (Wildman–Crippen MR) is 68.6 cm³/mol. The fourth-order valence-corrected chi connectivity index (χ4v) is 2.10. The van der Waals surface area contributed by atoms with Crippen LogP contribution in [-0.2, 0) is 9.59 Å². The van der Waals surface area contributed by atoms with E-state index in [-0.39, 0.29) is 24.2 Å². The smallest absolute Gasteiger partial charge is 0.229 e. The molecule has 1 aromatic carbocycles. The molecule has 1 atom stereocenters. The number of hydrogen-bond donors (Lipinski definition) is 2. The molecule has 92 valence electrons. The van der Waals surface area contributed by atoms with Crippen LogP contribution < -0.4 is 10.6 Å². The summed E-state index contributed by atoms with van der Waals surface area (Å²) in [6.45, 7) is 0.350. The van der Waals surface area contributed by atoms with E-state index < -0.39 is 0 Å². The van der Waals surface area contributed by atoms with Crippen LogP contribution in [0.5, 0.6) is 0 Å². The maximum atomic E-state index is 11.9. The van der Waals surface area contributed by atoms with Gasteiger partial charge in [-0.1, -0.05) is 15.9 Å². The number of nitriles is 1. The van der Waals surface area contributed by atoms with Gasteiger partial charge in [0.25, 0.3) is 0 Å². The summed E-state index contributed by atoms with van der Waals surface area (Å²) in [5.74, 6) is -0.730. The molecule has 0 aliphatic carbocycles. The van der Waals surface area contributed by atoms with E-state index in [9.17, 15) is 9.59 Å². The van der Waals surface area contributed by atoms with Crippen LogP contribution >= 0.6 is 15.9 Å². The third-order valence-electron chi connectivity index (χ3n) is 2.71. The summed E-state index contributed by atoms with van der Waals surface area (Å²) in [6.07, 6.45) is 0.199. The number of nitrogens with one attached hydrogen (secondary N) is 2. The highest BCUT2D eigenvalue weighted by Crippen LogP contribution is 2.21. The Kier molecular flexibility index (Phi) is 3.63. The Morgan fingerprint density at radius 3 is 2.94 bits per heavy atom. The summed E-state index contributed by atoms with van der Waals surface area (Å²) in [4.78, 5) is 22.9. The third kappa shape index (κ3) is 2.68. The second-order valence-electron chi connectivity index (χ2n) is 4.00. The van der Waals surface area contributed by atoms with Crippen LogP contribution in [0.25, 0.3) is 0 Å². The van der Waals surface area contributed by atoms with E-state index in [4.69, 9.17) is 5.26 Å². The van der Waals surface area contributed by atoms with Gasteiger partial charge in [0.2, 0.25) is 11.8 Å². The monoisotopic (exact) mass is 307 g/mol. The molecule has 2 amide bonds. The minimum atomic E-state index is -0.368. The van der Waals surface area contributed by atoms with E-state index in [0.29, 0.717) is 17.8 Å². The molecule has 1 aromatic rings. The van der Waals surface area contributed by atoms with Gasteiger partial charge in [0.15, 0.2) is 0 Å². The van der Waals surface area contributed by atoms with Gasteiger partial charge >= 0.3 is 0 Å². The van der Waals surface area contributed by atoms with Crippen molar-refractivity contribution in [3.8, 4) is 6.07 Å². The Balaban J connectivity index is 2.12. The van der Waals surface area contributed by atoms with E-state index >= 15 is 0 Å². The topological polar surface area (TPSA) is 82.0 Å². The van der Waals surface area contributed by atoms with E-state index in [1.165, 1.54) is 0 Å². The summed E-state index contributed by atoms with van der Waals surface area (Å²) in [6, 6.07) is 7.05. The van der Waals surface area contributed by atoms with Crippen LogP contribution in [0.4, 0.5) is 5.69 Å². The minimum absolute atomic E-state index is 0.119. The lowest BCUT2D eigenvalue weighted by atomic mass is 10.1. The molecule has 1 saturated heterocycles. The zero-order valence-corrected chi connectivity index (χ0v) is 11.0. The lowest BCUT2D eigenvalue weighted by Gasteiger charge is -2.10.